The Morgan fingerprint density at radius 1 is 0.900 bits per heavy atom. The molecule has 0 atom stereocenters. The van der Waals surface area contributed by atoms with Crippen LogP contribution >= 0.6 is 0 Å². The van der Waals surface area contributed by atoms with E-state index in [1.807, 2.05) is 0 Å². The number of aromatic nitrogens is 1. The Bertz CT molecular complexity index is 1240. The van der Waals surface area contributed by atoms with E-state index in [1.54, 1.807) is 6.07 Å². The number of pyridine rings is 1. The molecule has 30 heavy (non-hydrogen) atoms. The van der Waals surface area contributed by atoms with Gasteiger partial charge in [-0.3, -0.25) is 4.79 Å². The number of alkyl halides is 3. The molecule has 0 radical (unpaired) electrons. The minimum Gasteiger partial charge on any atom is -0.322 e. The number of amides is 1. The van der Waals surface area contributed by atoms with Crippen molar-refractivity contribution in [2.45, 2.75) is 6.18 Å². The predicted molar refractivity (Wildman–Crippen MR) is 102 cm³/mol. The van der Waals surface area contributed by atoms with Crippen LogP contribution in [0.4, 0.5) is 27.6 Å². The molecular formula is C22H13F5N2O. The third-order valence-corrected chi connectivity index (χ3v) is 4.62. The van der Waals surface area contributed by atoms with Crippen molar-refractivity contribution in [1.82, 2.24) is 4.40 Å². The molecular weight excluding hydrogens is 403 g/mol. The lowest BCUT2D eigenvalue weighted by molar-refractivity contribution is -0.136. The summed E-state index contributed by atoms with van der Waals surface area (Å²) in [5.41, 5.74) is -0.0829. The topological polar surface area (TPSA) is 33.5 Å². The van der Waals surface area contributed by atoms with Gasteiger partial charge in [-0.25, -0.2) is 8.78 Å². The van der Waals surface area contributed by atoms with E-state index in [-0.39, 0.29) is 11.2 Å². The lowest BCUT2D eigenvalue weighted by Crippen LogP contribution is -2.14. The molecule has 3 nitrogen and oxygen atoms in total. The van der Waals surface area contributed by atoms with Crippen LogP contribution in [0.3, 0.4) is 0 Å². The van der Waals surface area contributed by atoms with Gasteiger partial charge in [-0.05, 0) is 48.0 Å². The highest BCUT2D eigenvalue weighted by Crippen LogP contribution is 2.37. The number of rotatable bonds is 3. The van der Waals surface area contributed by atoms with E-state index in [2.05, 4.69) is 5.32 Å². The molecule has 0 unspecified atom stereocenters. The molecule has 0 aliphatic carbocycles. The summed E-state index contributed by atoms with van der Waals surface area (Å²) in [7, 11) is 0. The van der Waals surface area contributed by atoms with E-state index in [0.717, 1.165) is 18.2 Å². The Hall–Kier alpha value is -3.68. The predicted octanol–water partition coefficient (Wildman–Crippen LogP) is 6.16. The summed E-state index contributed by atoms with van der Waals surface area (Å²) in [6.07, 6.45) is -2.98. The summed E-state index contributed by atoms with van der Waals surface area (Å²) in [5, 5.41) is 2.44. The van der Waals surface area contributed by atoms with Crippen LogP contribution in [0.2, 0.25) is 0 Å². The van der Waals surface area contributed by atoms with Crippen LogP contribution in [-0.2, 0) is 6.18 Å². The lowest BCUT2D eigenvalue weighted by Gasteiger charge is -2.08. The zero-order valence-electron chi connectivity index (χ0n) is 15.2. The van der Waals surface area contributed by atoms with Gasteiger partial charge in [0, 0.05) is 11.9 Å². The number of nitrogens with one attached hydrogen (secondary N) is 1. The van der Waals surface area contributed by atoms with E-state index >= 15 is 0 Å². The minimum atomic E-state index is -4.51. The molecule has 0 saturated carbocycles. The SMILES string of the molecule is O=C(Nc1ccc(-c2cc(C(F)(F)F)c3ccccn23)cc1)c1cccc(F)c1F. The van der Waals surface area contributed by atoms with Crippen molar-refractivity contribution in [2.75, 3.05) is 5.32 Å². The first kappa shape index (κ1) is 19.6. The summed E-state index contributed by atoms with van der Waals surface area (Å²) in [6, 6.07) is 14.9. The molecule has 4 rings (SSSR count). The quantitative estimate of drug-likeness (QED) is 0.399. The molecule has 0 aliphatic heterocycles. The van der Waals surface area contributed by atoms with Crippen LogP contribution in [0, 0.1) is 11.6 Å². The van der Waals surface area contributed by atoms with Crippen LogP contribution in [0.5, 0.6) is 0 Å². The summed E-state index contributed by atoms with van der Waals surface area (Å²) >= 11 is 0. The third-order valence-electron chi connectivity index (χ3n) is 4.62. The first-order valence-corrected chi connectivity index (χ1v) is 8.79. The van der Waals surface area contributed by atoms with Crippen molar-refractivity contribution in [3.63, 3.8) is 0 Å². The van der Waals surface area contributed by atoms with Crippen molar-refractivity contribution >= 4 is 17.1 Å². The normalized spacial score (nSPS) is 11.6. The molecule has 152 valence electrons. The maximum atomic E-state index is 13.8. The monoisotopic (exact) mass is 416 g/mol. The van der Waals surface area contributed by atoms with E-state index in [1.165, 1.54) is 53.1 Å². The Balaban J connectivity index is 1.65. The number of nitrogens with zero attached hydrogens (tertiary/aromatic N) is 1. The Morgan fingerprint density at radius 3 is 2.33 bits per heavy atom. The van der Waals surface area contributed by atoms with Gasteiger partial charge >= 0.3 is 6.18 Å². The highest BCUT2D eigenvalue weighted by Gasteiger charge is 2.34. The van der Waals surface area contributed by atoms with Crippen LogP contribution in [-0.4, -0.2) is 10.3 Å². The highest BCUT2D eigenvalue weighted by molar-refractivity contribution is 6.04. The molecule has 0 fully saturated rings. The fourth-order valence-electron chi connectivity index (χ4n) is 3.20. The van der Waals surface area contributed by atoms with Crippen LogP contribution in [0.15, 0.2) is 72.9 Å². The molecule has 0 bridgehead atoms. The van der Waals surface area contributed by atoms with Crippen molar-refractivity contribution in [3.8, 4) is 11.3 Å². The van der Waals surface area contributed by atoms with E-state index in [4.69, 9.17) is 0 Å². The van der Waals surface area contributed by atoms with Crippen molar-refractivity contribution in [3.05, 3.63) is 95.7 Å². The molecule has 2 aromatic carbocycles. The standard InChI is InChI=1S/C22H13F5N2O/c23-17-5-3-4-15(20(17)24)21(30)28-14-9-7-13(8-10-14)19-12-16(22(25,26)27)18-6-1-2-11-29(18)19/h1-12H,(H,28,30). The number of hydrogen-bond acceptors (Lipinski definition) is 1. The average molecular weight is 416 g/mol. The van der Waals surface area contributed by atoms with Gasteiger partial charge in [0.05, 0.1) is 22.3 Å². The van der Waals surface area contributed by atoms with Crippen molar-refractivity contribution in [2.24, 2.45) is 0 Å². The second kappa shape index (κ2) is 7.29. The number of benzene rings is 2. The Kier molecular flexibility index (Phi) is 4.77. The second-order valence-corrected chi connectivity index (χ2v) is 6.53. The summed E-state index contributed by atoms with van der Waals surface area (Å²) in [5.74, 6) is -3.24. The second-order valence-electron chi connectivity index (χ2n) is 6.53. The number of halogens is 5. The lowest BCUT2D eigenvalue weighted by atomic mass is 10.1. The minimum absolute atomic E-state index is 0.0268. The molecule has 0 spiro atoms. The van der Waals surface area contributed by atoms with Gasteiger partial charge < -0.3 is 9.72 Å². The Morgan fingerprint density at radius 2 is 1.63 bits per heavy atom. The number of carbonyl (C=O) groups is 1. The number of hydrogen-bond donors (Lipinski definition) is 1. The molecule has 8 heteroatoms. The molecule has 1 amide bonds. The zero-order valence-corrected chi connectivity index (χ0v) is 15.2. The summed E-state index contributed by atoms with van der Waals surface area (Å²) in [6.45, 7) is 0. The maximum absolute atomic E-state index is 13.8. The van der Waals surface area contributed by atoms with Crippen LogP contribution in [0.1, 0.15) is 15.9 Å². The highest BCUT2D eigenvalue weighted by atomic mass is 19.4. The fourth-order valence-corrected chi connectivity index (χ4v) is 3.20. The van der Waals surface area contributed by atoms with E-state index in [9.17, 15) is 26.7 Å². The molecule has 4 aromatic rings. The van der Waals surface area contributed by atoms with E-state index in [0.29, 0.717) is 11.3 Å². The van der Waals surface area contributed by atoms with Crippen molar-refractivity contribution < 1.29 is 26.7 Å². The van der Waals surface area contributed by atoms with Gasteiger partial charge in [-0.2, -0.15) is 13.2 Å². The molecule has 1 N–H and O–H groups in total. The summed E-state index contributed by atoms with van der Waals surface area (Å²) in [4.78, 5) is 12.2. The molecule has 2 heterocycles. The largest absolute Gasteiger partial charge is 0.418 e. The molecule has 0 saturated heterocycles. The van der Waals surface area contributed by atoms with Crippen LogP contribution in [0.25, 0.3) is 16.8 Å². The number of fused-ring (bicyclic) bond motifs is 1. The van der Waals surface area contributed by atoms with Gasteiger partial charge in [-0.15, -0.1) is 0 Å². The average Bonchev–Trinajstić information content (AvgIpc) is 3.11. The van der Waals surface area contributed by atoms with Gasteiger partial charge in [-0.1, -0.05) is 24.3 Å². The number of anilines is 1. The molecule has 0 aliphatic rings. The molecule has 2 aromatic heterocycles. The number of carbonyl (C=O) groups excluding carboxylic acids is 1. The fraction of sp³-hybridized carbons (Fsp3) is 0.0455. The van der Waals surface area contributed by atoms with Crippen molar-refractivity contribution in [1.29, 1.82) is 0 Å². The van der Waals surface area contributed by atoms with Gasteiger partial charge in [0.2, 0.25) is 0 Å². The first-order chi connectivity index (χ1) is 14.3. The van der Waals surface area contributed by atoms with E-state index < -0.39 is 34.8 Å². The zero-order chi connectivity index (χ0) is 21.5. The van der Waals surface area contributed by atoms with Gasteiger partial charge in [0.15, 0.2) is 11.6 Å². The summed E-state index contributed by atoms with van der Waals surface area (Å²) < 4.78 is 68.6. The van der Waals surface area contributed by atoms with Crippen LogP contribution < -0.4 is 5.32 Å². The Labute approximate surface area is 167 Å². The van der Waals surface area contributed by atoms with Gasteiger partial charge in [0.1, 0.15) is 0 Å². The smallest absolute Gasteiger partial charge is 0.322 e. The third kappa shape index (κ3) is 3.52. The van der Waals surface area contributed by atoms with Gasteiger partial charge in [0.25, 0.3) is 5.91 Å². The maximum Gasteiger partial charge on any atom is 0.418 e. The first-order valence-electron chi connectivity index (χ1n) is 8.79.